The van der Waals surface area contributed by atoms with Crippen molar-refractivity contribution in [3.05, 3.63) is 84.3 Å². The molecular formula is C22H21N3O2S. The minimum atomic E-state index is 0.249. The van der Waals surface area contributed by atoms with E-state index < -0.39 is 0 Å². The van der Waals surface area contributed by atoms with E-state index in [0.29, 0.717) is 6.54 Å². The third kappa shape index (κ3) is 3.97. The first-order valence-corrected chi connectivity index (χ1v) is 9.94. The second-order valence-corrected chi connectivity index (χ2v) is 7.68. The van der Waals surface area contributed by atoms with Crippen molar-refractivity contribution in [2.45, 2.75) is 23.9 Å². The standard InChI is InChI=1S/C22H21N3O2S/c1-16(17-8-4-3-5-9-17)28-22-24-23-21(18-10-6-11-19(14-18)26-2)25(22)15-20-12-7-13-27-20/h3-14,16H,15H2,1-2H3/t16-/m1/s1. The van der Waals surface area contributed by atoms with E-state index in [1.807, 2.05) is 42.5 Å². The van der Waals surface area contributed by atoms with Crippen molar-refractivity contribution < 1.29 is 9.15 Å². The zero-order valence-electron chi connectivity index (χ0n) is 15.8. The molecule has 1 atom stereocenters. The summed E-state index contributed by atoms with van der Waals surface area (Å²) in [5.74, 6) is 2.44. The largest absolute Gasteiger partial charge is 0.497 e. The highest BCUT2D eigenvalue weighted by molar-refractivity contribution is 7.99. The van der Waals surface area contributed by atoms with Gasteiger partial charge >= 0.3 is 0 Å². The van der Waals surface area contributed by atoms with Gasteiger partial charge in [-0.15, -0.1) is 10.2 Å². The Kier molecular flexibility index (Phi) is 5.48. The molecule has 0 saturated carbocycles. The molecule has 142 valence electrons. The molecule has 0 fully saturated rings. The van der Waals surface area contributed by atoms with Crippen LogP contribution < -0.4 is 4.74 Å². The van der Waals surface area contributed by atoms with Gasteiger partial charge in [0.1, 0.15) is 11.5 Å². The monoisotopic (exact) mass is 391 g/mol. The van der Waals surface area contributed by atoms with Crippen LogP contribution in [0, 0.1) is 0 Å². The number of thioether (sulfide) groups is 1. The predicted molar refractivity (Wildman–Crippen MR) is 111 cm³/mol. The first kappa shape index (κ1) is 18.4. The number of furan rings is 1. The maximum absolute atomic E-state index is 5.58. The van der Waals surface area contributed by atoms with Gasteiger partial charge in [0, 0.05) is 10.8 Å². The second-order valence-electron chi connectivity index (χ2n) is 6.37. The van der Waals surface area contributed by atoms with Gasteiger partial charge in [-0.05, 0) is 36.8 Å². The summed E-state index contributed by atoms with van der Waals surface area (Å²) in [7, 11) is 1.66. The van der Waals surface area contributed by atoms with Gasteiger partial charge in [0.25, 0.3) is 0 Å². The van der Waals surface area contributed by atoms with Gasteiger partial charge in [-0.25, -0.2) is 0 Å². The fourth-order valence-electron chi connectivity index (χ4n) is 3.00. The van der Waals surface area contributed by atoms with Crippen LogP contribution in [0.4, 0.5) is 0 Å². The number of hydrogen-bond acceptors (Lipinski definition) is 5. The second kappa shape index (κ2) is 8.35. The van der Waals surface area contributed by atoms with Gasteiger partial charge in [-0.1, -0.05) is 54.2 Å². The number of hydrogen-bond donors (Lipinski definition) is 0. The molecule has 0 aliphatic heterocycles. The fourth-order valence-corrected chi connectivity index (χ4v) is 3.98. The van der Waals surface area contributed by atoms with E-state index in [2.05, 4.69) is 46.0 Å². The summed E-state index contributed by atoms with van der Waals surface area (Å²) < 4.78 is 13.0. The third-order valence-electron chi connectivity index (χ3n) is 4.49. The third-order valence-corrected chi connectivity index (χ3v) is 5.63. The summed E-state index contributed by atoms with van der Waals surface area (Å²) in [6, 6.07) is 22.1. The number of benzene rings is 2. The molecule has 0 spiro atoms. The van der Waals surface area contributed by atoms with Crippen molar-refractivity contribution in [1.29, 1.82) is 0 Å². The molecule has 0 amide bonds. The Morgan fingerprint density at radius 3 is 2.64 bits per heavy atom. The molecule has 0 bridgehead atoms. The molecule has 4 rings (SSSR count). The van der Waals surface area contributed by atoms with E-state index in [4.69, 9.17) is 9.15 Å². The van der Waals surface area contributed by atoms with Crippen LogP contribution in [-0.4, -0.2) is 21.9 Å². The van der Waals surface area contributed by atoms with Gasteiger partial charge in [0.2, 0.25) is 0 Å². The van der Waals surface area contributed by atoms with E-state index in [1.165, 1.54) is 5.56 Å². The van der Waals surface area contributed by atoms with E-state index in [9.17, 15) is 0 Å². The van der Waals surface area contributed by atoms with Crippen LogP contribution in [-0.2, 0) is 6.54 Å². The average Bonchev–Trinajstić information content (AvgIpc) is 3.39. The molecule has 0 radical (unpaired) electrons. The number of rotatable bonds is 7. The van der Waals surface area contributed by atoms with Gasteiger partial charge in [0.15, 0.2) is 11.0 Å². The molecule has 28 heavy (non-hydrogen) atoms. The van der Waals surface area contributed by atoms with Gasteiger partial charge in [-0.3, -0.25) is 4.57 Å². The topological polar surface area (TPSA) is 53.1 Å². The Balaban J connectivity index is 1.70. The minimum Gasteiger partial charge on any atom is -0.497 e. The molecule has 0 N–H and O–H groups in total. The van der Waals surface area contributed by atoms with E-state index >= 15 is 0 Å². The van der Waals surface area contributed by atoms with E-state index in [0.717, 1.165) is 28.1 Å². The predicted octanol–water partition coefficient (Wildman–Crippen LogP) is 5.45. The summed E-state index contributed by atoms with van der Waals surface area (Å²) in [4.78, 5) is 0. The van der Waals surface area contributed by atoms with Crippen LogP contribution in [0.25, 0.3) is 11.4 Å². The number of methoxy groups -OCH3 is 1. The van der Waals surface area contributed by atoms with E-state index in [1.54, 1.807) is 25.1 Å². The molecule has 0 unspecified atom stereocenters. The lowest BCUT2D eigenvalue weighted by Gasteiger charge is -2.13. The maximum Gasteiger partial charge on any atom is 0.192 e. The smallest absolute Gasteiger partial charge is 0.192 e. The molecule has 5 nitrogen and oxygen atoms in total. The van der Waals surface area contributed by atoms with Crippen LogP contribution >= 0.6 is 11.8 Å². The Morgan fingerprint density at radius 1 is 1.04 bits per heavy atom. The molecular weight excluding hydrogens is 370 g/mol. The van der Waals surface area contributed by atoms with Crippen LogP contribution in [0.5, 0.6) is 5.75 Å². The molecule has 4 aromatic rings. The van der Waals surface area contributed by atoms with E-state index in [-0.39, 0.29) is 5.25 Å². The minimum absolute atomic E-state index is 0.249. The zero-order chi connectivity index (χ0) is 19.3. The highest BCUT2D eigenvalue weighted by Gasteiger charge is 2.19. The lowest BCUT2D eigenvalue weighted by atomic mass is 10.2. The van der Waals surface area contributed by atoms with Crippen LogP contribution in [0.2, 0.25) is 0 Å². The average molecular weight is 391 g/mol. The van der Waals surface area contributed by atoms with Crippen molar-refractivity contribution >= 4 is 11.8 Å². The van der Waals surface area contributed by atoms with Crippen LogP contribution in [0.15, 0.2) is 82.6 Å². The van der Waals surface area contributed by atoms with Crippen molar-refractivity contribution in [3.63, 3.8) is 0 Å². The molecule has 0 aliphatic rings. The Labute approximate surface area is 168 Å². The number of ether oxygens (including phenoxy) is 1. The van der Waals surface area contributed by atoms with Gasteiger partial charge < -0.3 is 9.15 Å². The molecule has 2 aromatic heterocycles. The number of aromatic nitrogens is 3. The fraction of sp³-hybridized carbons (Fsp3) is 0.182. The maximum atomic E-state index is 5.58. The zero-order valence-corrected chi connectivity index (χ0v) is 16.6. The number of nitrogens with zero attached hydrogens (tertiary/aromatic N) is 3. The van der Waals surface area contributed by atoms with Crippen LogP contribution in [0.1, 0.15) is 23.5 Å². The van der Waals surface area contributed by atoms with Crippen molar-refractivity contribution in [3.8, 4) is 17.1 Å². The Morgan fingerprint density at radius 2 is 1.89 bits per heavy atom. The summed E-state index contributed by atoms with van der Waals surface area (Å²) in [6.07, 6.45) is 1.68. The van der Waals surface area contributed by atoms with Gasteiger partial charge in [0.05, 0.1) is 19.9 Å². The van der Waals surface area contributed by atoms with Crippen molar-refractivity contribution in [1.82, 2.24) is 14.8 Å². The highest BCUT2D eigenvalue weighted by Crippen LogP contribution is 2.36. The molecule has 2 aromatic carbocycles. The highest BCUT2D eigenvalue weighted by atomic mass is 32.2. The first-order valence-electron chi connectivity index (χ1n) is 9.06. The summed E-state index contributed by atoms with van der Waals surface area (Å²) in [5.41, 5.74) is 2.21. The lowest BCUT2D eigenvalue weighted by Crippen LogP contribution is -2.04. The molecule has 0 saturated heterocycles. The Bertz CT molecular complexity index is 1030. The van der Waals surface area contributed by atoms with Gasteiger partial charge in [-0.2, -0.15) is 0 Å². The summed E-state index contributed by atoms with van der Waals surface area (Å²) in [6.45, 7) is 2.74. The quantitative estimate of drug-likeness (QED) is 0.392. The van der Waals surface area contributed by atoms with Crippen molar-refractivity contribution in [2.24, 2.45) is 0 Å². The van der Waals surface area contributed by atoms with Crippen LogP contribution in [0.3, 0.4) is 0 Å². The molecule has 6 heteroatoms. The lowest BCUT2D eigenvalue weighted by molar-refractivity contribution is 0.415. The summed E-state index contributed by atoms with van der Waals surface area (Å²) in [5, 5.41) is 10.1. The SMILES string of the molecule is COc1cccc(-c2nnc(S[C@H](C)c3ccccc3)n2Cc2ccco2)c1. The first-order chi connectivity index (χ1) is 13.7. The normalized spacial score (nSPS) is 12.1. The summed E-state index contributed by atoms with van der Waals surface area (Å²) >= 11 is 1.69. The molecule has 0 aliphatic carbocycles. The Hall–Kier alpha value is -2.99. The van der Waals surface area contributed by atoms with Crippen molar-refractivity contribution in [2.75, 3.05) is 7.11 Å². The molecule has 2 heterocycles.